The molecule has 0 bridgehead atoms. The van der Waals surface area contributed by atoms with Gasteiger partial charge in [0.2, 0.25) is 5.83 Å². The fraction of sp³-hybridized carbons (Fsp3) is 0.444. The molecule has 0 spiro atoms. The van der Waals surface area contributed by atoms with Crippen molar-refractivity contribution < 1.29 is 32.5 Å². The second-order valence-electron chi connectivity index (χ2n) is 9.44. The van der Waals surface area contributed by atoms with E-state index in [9.17, 15) is 22.7 Å². The van der Waals surface area contributed by atoms with Gasteiger partial charge >= 0.3 is 5.97 Å². The van der Waals surface area contributed by atoms with Crippen LogP contribution in [0.4, 0.5) is 20.2 Å². The molecule has 10 heteroatoms. The molecule has 2 aromatic rings. The number of aliphatic carboxylic acids is 1. The first-order valence-electron chi connectivity index (χ1n) is 12.3. The Balaban J connectivity index is 2.23. The van der Waals surface area contributed by atoms with Crippen molar-refractivity contribution in [3.8, 4) is 5.75 Å². The van der Waals surface area contributed by atoms with E-state index in [1.807, 2.05) is 4.90 Å². The van der Waals surface area contributed by atoms with Crippen LogP contribution in [0, 0.1) is 11.2 Å². The summed E-state index contributed by atoms with van der Waals surface area (Å²) in [6, 6.07) is 9.32. The number of hydrogen-bond donors (Lipinski definition) is 3. The van der Waals surface area contributed by atoms with Crippen molar-refractivity contribution in [2.45, 2.75) is 62.2 Å². The zero-order chi connectivity index (χ0) is 27.2. The maximum absolute atomic E-state index is 13.8. The summed E-state index contributed by atoms with van der Waals surface area (Å²) in [5.74, 6) is -3.32. The van der Waals surface area contributed by atoms with Gasteiger partial charge in [-0.25, -0.2) is 9.18 Å². The normalized spacial score (nSPS) is 17.6. The van der Waals surface area contributed by atoms with E-state index in [1.54, 1.807) is 24.5 Å². The zero-order valence-corrected chi connectivity index (χ0v) is 23.0. The standard InChI is InChI=1S/C27H35F2NO5S2/c1-4-6-12-27(13-7-5-2)17-30(20-10-8-19(28)9-11-20)22-14-24(36-3)23(35-16-21(29)26(31)32)15-25(22)37(33,34)18-27/h8-11,14-16,33-34H,4-7,12-13,17-18H2,1-3H3,(H,31,32)/b21-16-. The number of benzene rings is 2. The zero-order valence-electron chi connectivity index (χ0n) is 21.4. The van der Waals surface area contributed by atoms with Crippen molar-refractivity contribution in [3.63, 3.8) is 0 Å². The molecule has 0 aromatic heterocycles. The summed E-state index contributed by atoms with van der Waals surface area (Å²) in [5, 5.41) is 8.84. The van der Waals surface area contributed by atoms with Crippen LogP contribution < -0.4 is 9.64 Å². The summed E-state index contributed by atoms with van der Waals surface area (Å²) in [4.78, 5) is 13.7. The molecule has 1 aliphatic rings. The van der Waals surface area contributed by atoms with Crippen molar-refractivity contribution >= 4 is 39.7 Å². The Kier molecular flexibility index (Phi) is 9.91. The van der Waals surface area contributed by atoms with Crippen molar-refractivity contribution in [2.24, 2.45) is 5.41 Å². The van der Waals surface area contributed by atoms with E-state index >= 15 is 0 Å². The summed E-state index contributed by atoms with van der Waals surface area (Å²) >= 11 is 1.30. The van der Waals surface area contributed by atoms with Crippen molar-refractivity contribution in [1.82, 2.24) is 0 Å². The number of halogens is 2. The highest BCUT2D eigenvalue weighted by Gasteiger charge is 2.42. The smallest absolute Gasteiger partial charge is 0.368 e. The highest BCUT2D eigenvalue weighted by atomic mass is 32.3. The minimum atomic E-state index is -3.33. The molecule has 0 atom stereocenters. The number of thioether (sulfide) groups is 1. The van der Waals surface area contributed by atoms with E-state index in [1.165, 1.54) is 30.0 Å². The molecule has 0 radical (unpaired) electrons. The second-order valence-corrected chi connectivity index (χ2v) is 12.4. The number of anilines is 2. The fourth-order valence-electron chi connectivity index (χ4n) is 4.77. The molecule has 0 saturated heterocycles. The Hall–Kier alpha value is -2.27. The van der Waals surface area contributed by atoms with Crippen LogP contribution in [0.15, 0.2) is 58.3 Å². The van der Waals surface area contributed by atoms with Crippen LogP contribution in [0.2, 0.25) is 0 Å². The topological polar surface area (TPSA) is 90.2 Å². The van der Waals surface area contributed by atoms with Gasteiger partial charge in [-0.1, -0.05) is 39.5 Å². The highest BCUT2D eigenvalue weighted by molar-refractivity contribution is 8.24. The first kappa shape index (κ1) is 29.3. The van der Waals surface area contributed by atoms with E-state index in [-0.39, 0.29) is 22.2 Å². The van der Waals surface area contributed by atoms with Gasteiger partial charge in [-0.2, -0.15) is 15.0 Å². The maximum Gasteiger partial charge on any atom is 0.368 e. The molecular weight excluding hydrogens is 520 g/mol. The fourth-order valence-corrected chi connectivity index (χ4v) is 7.50. The third kappa shape index (κ3) is 6.98. The number of rotatable bonds is 11. The number of carbonyl (C=O) groups is 1. The lowest BCUT2D eigenvalue weighted by Gasteiger charge is -2.42. The maximum atomic E-state index is 13.8. The largest absolute Gasteiger partial charge is 0.476 e. The Morgan fingerprint density at radius 3 is 2.32 bits per heavy atom. The number of fused-ring (bicyclic) bond motifs is 1. The lowest BCUT2D eigenvalue weighted by Crippen LogP contribution is -2.37. The third-order valence-corrected chi connectivity index (χ3v) is 9.45. The molecule has 0 amide bonds. The minimum Gasteiger partial charge on any atom is -0.476 e. The quantitative estimate of drug-likeness (QED) is 0.146. The van der Waals surface area contributed by atoms with E-state index in [2.05, 4.69) is 13.8 Å². The van der Waals surface area contributed by atoms with E-state index in [4.69, 9.17) is 9.84 Å². The van der Waals surface area contributed by atoms with Gasteiger partial charge in [0, 0.05) is 29.5 Å². The van der Waals surface area contributed by atoms with Crippen LogP contribution in [-0.4, -0.2) is 38.7 Å². The molecule has 204 valence electrons. The molecule has 3 rings (SSSR count). The molecule has 2 aromatic carbocycles. The summed E-state index contributed by atoms with van der Waals surface area (Å²) < 4.78 is 56.1. The molecule has 0 saturated carbocycles. The molecule has 3 N–H and O–H groups in total. The number of ether oxygens (including phenoxy) is 1. The number of carboxylic acids is 1. The predicted molar refractivity (Wildman–Crippen MR) is 147 cm³/mol. The van der Waals surface area contributed by atoms with Gasteiger partial charge in [0.15, 0.2) is 0 Å². The SMILES string of the molecule is CCCCC1(CCCC)CN(c2ccc(F)cc2)c2cc(SC)c(O/C=C(\F)C(=O)O)cc2S(O)(O)C1. The summed E-state index contributed by atoms with van der Waals surface area (Å²) in [7, 11) is -3.33. The average molecular weight is 556 g/mol. The van der Waals surface area contributed by atoms with E-state index in [0.29, 0.717) is 23.4 Å². The molecule has 1 aliphatic heterocycles. The van der Waals surface area contributed by atoms with Gasteiger partial charge in [0.1, 0.15) is 17.8 Å². The lowest BCUT2D eigenvalue weighted by molar-refractivity contribution is -0.134. The molecular formula is C27H35F2NO5S2. The molecule has 37 heavy (non-hydrogen) atoms. The van der Waals surface area contributed by atoms with Gasteiger partial charge < -0.3 is 14.7 Å². The monoisotopic (exact) mass is 555 g/mol. The predicted octanol–water partition coefficient (Wildman–Crippen LogP) is 8.45. The van der Waals surface area contributed by atoms with Gasteiger partial charge in [-0.15, -0.1) is 11.8 Å². The van der Waals surface area contributed by atoms with Gasteiger partial charge in [0.25, 0.3) is 0 Å². The Labute approximate surface area is 223 Å². The highest BCUT2D eigenvalue weighted by Crippen LogP contribution is 2.62. The minimum absolute atomic E-state index is 0.122. The Morgan fingerprint density at radius 1 is 1.16 bits per heavy atom. The summed E-state index contributed by atoms with van der Waals surface area (Å²) in [5.41, 5.74) is 0.865. The number of nitrogens with zero attached hydrogens (tertiary/aromatic N) is 1. The van der Waals surface area contributed by atoms with Crippen LogP contribution in [0.25, 0.3) is 0 Å². The van der Waals surface area contributed by atoms with Crippen LogP contribution in [0.5, 0.6) is 5.75 Å². The van der Waals surface area contributed by atoms with Crippen LogP contribution in [0.3, 0.4) is 0 Å². The number of carboxylic acid groups (broad SMARTS) is 1. The summed E-state index contributed by atoms with van der Waals surface area (Å²) in [6.45, 7) is 4.72. The van der Waals surface area contributed by atoms with Gasteiger partial charge in [0.05, 0.1) is 15.5 Å². The van der Waals surface area contributed by atoms with E-state index < -0.39 is 27.8 Å². The van der Waals surface area contributed by atoms with Crippen LogP contribution >= 0.6 is 22.4 Å². The number of unbranched alkanes of at least 4 members (excludes halogenated alkanes) is 2. The first-order chi connectivity index (χ1) is 17.6. The van der Waals surface area contributed by atoms with Crippen LogP contribution in [-0.2, 0) is 4.79 Å². The Morgan fingerprint density at radius 2 is 1.78 bits per heavy atom. The second kappa shape index (κ2) is 12.5. The molecule has 0 aliphatic carbocycles. The lowest BCUT2D eigenvalue weighted by atomic mass is 9.79. The van der Waals surface area contributed by atoms with Gasteiger partial charge in [-0.3, -0.25) is 9.11 Å². The Bertz CT molecular complexity index is 1120. The molecule has 1 heterocycles. The van der Waals surface area contributed by atoms with Crippen LogP contribution in [0.1, 0.15) is 52.4 Å². The molecule has 0 unspecified atom stereocenters. The van der Waals surface area contributed by atoms with E-state index in [0.717, 1.165) is 44.2 Å². The third-order valence-electron chi connectivity index (χ3n) is 6.64. The average Bonchev–Trinajstić information content (AvgIpc) is 2.96. The molecule has 0 fully saturated rings. The van der Waals surface area contributed by atoms with Crippen molar-refractivity contribution in [3.05, 3.63) is 54.3 Å². The van der Waals surface area contributed by atoms with Crippen molar-refractivity contribution in [1.29, 1.82) is 0 Å². The van der Waals surface area contributed by atoms with Crippen molar-refractivity contribution in [2.75, 3.05) is 23.5 Å². The van der Waals surface area contributed by atoms with Gasteiger partial charge in [-0.05, 0) is 49.4 Å². The summed E-state index contributed by atoms with van der Waals surface area (Å²) in [6.07, 6.45) is 7.67. The number of hydrogen-bond acceptors (Lipinski definition) is 6. The first-order valence-corrected chi connectivity index (χ1v) is 15.3. The molecule has 6 nitrogen and oxygen atoms in total.